The van der Waals surface area contributed by atoms with Crippen LogP contribution in [0.5, 0.6) is 0 Å². The van der Waals surface area contributed by atoms with Crippen molar-refractivity contribution in [3.05, 3.63) is 47.5 Å². The summed E-state index contributed by atoms with van der Waals surface area (Å²) in [6, 6.07) is 9.59. The summed E-state index contributed by atoms with van der Waals surface area (Å²) in [4.78, 5) is 38.2. The van der Waals surface area contributed by atoms with Crippen LogP contribution in [0.15, 0.2) is 30.3 Å². The lowest BCUT2D eigenvalue weighted by atomic mass is 10.1. The molecular weight excluding hydrogens is 432 g/mol. The maximum Gasteiger partial charge on any atom is 0.229 e. The predicted molar refractivity (Wildman–Crippen MR) is 131 cm³/mol. The zero-order valence-corrected chi connectivity index (χ0v) is 20.0. The quantitative estimate of drug-likeness (QED) is 0.582. The van der Waals surface area contributed by atoms with Crippen molar-refractivity contribution in [3.63, 3.8) is 0 Å². The molecule has 2 aliphatic rings. The molecule has 3 heterocycles. The van der Waals surface area contributed by atoms with Crippen LogP contribution in [-0.2, 0) is 20.7 Å². The molecular formula is C25H34N6O3. The molecule has 34 heavy (non-hydrogen) atoms. The number of rotatable bonds is 9. The summed E-state index contributed by atoms with van der Waals surface area (Å²) in [6.45, 7) is 9.93. The van der Waals surface area contributed by atoms with Crippen molar-refractivity contribution in [2.45, 2.75) is 26.7 Å². The van der Waals surface area contributed by atoms with E-state index in [9.17, 15) is 9.59 Å². The highest BCUT2D eigenvalue weighted by Crippen LogP contribution is 2.21. The number of hydrogen-bond acceptors (Lipinski definition) is 7. The third-order valence-corrected chi connectivity index (χ3v) is 6.23. The fourth-order valence-corrected chi connectivity index (χ4v) is 4.40. The molecule has 2 aliphatic heterocycles. The number of amides is 2. The van der Waals surface area contributed by atoms with Crippen molar-refractivity contribution < 1.29 is 14.3 Å². The summed E-state index contributed by atoms with van der Waals surface area (Å²) < 4.78 is 5.37. The monoisotopic (exact) mass is 466 g/mol. The van der Waals surface area contributed by atoms with E-state index in [-0.39, 0.29) is 24.2 Å². The number of hydrogen-bond donors (Lipinski definition) is 2. The highest BCUT2D eigenvalue weighted by atomic mass is 16.5. The van der Waals surface area contributed by atoms with Gasteiger partial charge in [0.05, 0.1) is 19.1 Å². The number of nitrogens with one attached hydrogen (secondary N) is 2. The molecule has 0 aliphatic carbocycles. The van der Waals surface area contributed by atoms with Gasteiger partial charge in [-0.3, -0.25) is 14.5 Å². The van der Waals surface area contributed by atoms with Gasteiger partial charge in [-0.05, 0) is 44.2 Å². The van der Waals surface area contributed by atoms with Crippen LogP contribution in [0.4, 0.5) is 11.4 Å². The van der Waals surface area contributed by atoms with E-state index in [0.717, 1.165) is 74.4 Å². The number of likely N-dealkylation sites (tertiary alicyclic amines) is 1. The number of aromatic nitrogens is 2. The summed E-state index contributed by atoms with van der Waals surface area (Å²) in [5, 5.41) is 6.32. The fourth-order valence-electron chi connectivity index (χ4n) is 4.40. The minimum atomic E-state index is -0.312. The predicted octanol–water partition coefficient (Wildman–Crippen LogP) is 1.87. The Labute approximate surface area is 200 Å². The lowest BCUT2D eigenvalue weighted by Crippen LogP contribution is -2.42. The van der Waals surface area contributed by atoms with Crippen LogP contribution in [0.1, 0.15) is 23.6 Å². The first-order valence-corrected chi connectivity index (χ1v) is 12.0. The van der Waals surface area contributed by atoms with Gasteiger partial charge in [-0.1, -0.05) is 0 Å². The van der Waals surface area contributed by atoms with Gasteiger partial charge in [0, 0.05) is 74.9 Å². The summed E-state index contributed by atoms with van der Waals surface area (Å²) in [5.74, 6) is 0.474. The van der Waals surface area contributed by atoms with Crippen LogP contribution >= 0.6 is 0 Å². The molecule has 2 saturated heterocycles. The van der Waals surface area contributed by atoms with E-state index in [1.54, 1.807) is 0 Å². The van der Waals surface area contributed by atoms with E-state index in [0.29, 0.717) is 13.1 Å². The molecule has 1 aromatic carbocycles. The van der Waals surface area contributed by atoms with E-state index < -0.39 is 0 Å². The average Bonchev–Trinajstić information content (AvgIpc) is 3.19. The molecule has 0 saturated carbocycles. The van der Waals surface area contributed by atoms with Crippen molar-refractivity contribution in [1.29, 1.82) is 0 Å². The summed E-state index contributed by atoms with van der Waals surface area (Å²) in [7, 11) is 0. The molecule has 9 nitrogen and oxygen atoms in total. The molecule has 1 unspecified atom stereocenters. The second kappa shape index (κ2) is 11.4. The average molecular weight is 467 g/mol. The maximum atomic E-state index is 12.7. The van der Waals surface area contributed by atoms with Crippen molar-refractivity contribution in [2.75, 3.05) is 63.1 Å². The van der Waals surface area contributed by atoms with E-state index in [4.69, 9.17) is 4.74 Å². The second-order valence-electron chi connectivity index (χ2n) is 9.01. The maximum absolute atomic E-state index is 12.7. The van der Waals surface area contributed by atoms with E-state index in [1.165, 1.54) is 0 Å². The molecule has 182 valence electrons. The Morgan fingerprint density at radius 3 is 2.44 bits per heavy atom. The highest BCUT2D eigenvalue weighted by Gasteiger charge is 2.34. The Kier molecular flexibility index (Phi) is 8.08. The van der Waals surface area contributed by atoms with Gasteiger partial charge in [-0.25, -0.2) is 9.97 Å². The molecule has 0 radical (unpaired) electrons. The van der Waals surface area contributed by atoms with E-state index in [2.05, 4.69) is 25.5 Å². The fraction of sp³-hybridized carbons (Fsp3) is 0.520. The Morgan fingerprint density at radius 2 is 1.74 bits per heavy atom. The first-order valence-electron chi connectivity index (χ1n) is 12.0. The molecule has 2 amide bonds. The lowest BCUT2D eigenvalue weighted by Gasteiger charge is -2.28. The SMILES string of the molecule is Cc1cc(C)nc(CCNc2ccc(NC(=O)C3CC(=O)N(CCN4CCOCC4)C3)cc2)n1. The van der Waals surface area contributed by atoms with Crippen LogP contribution in [-0.4, -0.2) is 84.1 Å². The van der Waals surface area contributed by atoms with Crippen molar-refractivity contribution in [3.8, 4) is 0 Å². The topological polar surface area (TPSA) is 99.7 Å². The normalized spacial score (nSPS) is 18.8. The van der Waals surface area contributed by atoms with E-state index in [1.807, 2.05) is 49.1 Å². The number of carbonyl (C=O) groups excluding carboxylic acids is 2. The largest absolute Gasteiger partial charge is 0.385 e. The van der Waals surface area contributed by atoms with Gasteiger partial charge >= 0.3 is 0 Å². The third-order valence-electron chi connectivity index (χ3n) is 6.23. The lowest BCUT2D eigenvalue weighted by molar-refractivity contribution is -0.128. The van der Waals surface area contributed by atoms with Gasteiger partial charge < -0.3 is 20.3 Å². The molecule has 1 aromatic heterocycles. The smallest absolute Gasteiger partial charge is 0.229 e. The standard InChI is InChI=1S/C25H34N6O3/c1-18-15-19(2)28-23(27-18)7-8-26-21-3-5-22(6-4-21)29-25(33)20-16-24(32)31(17-20)10-9-30-11-13-34-14-12-30/h3-6,15,20,26H,7-14,16-17H2,1-2H3,(H,29,33). The number of ether oxygens (including phenoxy) is 1. The molecule has 0 spiro atoms. The molecule has 1 atom stereocenters. The number of anilines is 2. The summed E-state index contributed by atoms with van der Waals surface area (Å²) >= 11 is 0. The van der Waals surface area contributed by atoms with Gasteiger partial charge in [-0.2, -0.15) is 0 Å². The molecule has 2 aromatic rings. The van der Waals surface area contributed by atoms with Crippen molar-refractivity contribution in [2.24, 2.45) is 5.92 Å². The molecule has 2 fully saturated rings. The van der Waals surface area contributed by atoms with Crippen LogP contribution in [0.2, 0.25) is 0 Å². The van der Waals surface area contributed by atoms with E-state index >= 15 is 0 Å². The number of carbonyl (C=O) groups is 2. The number of aryl methyl sites for hydroxylation is 2. The number of benzene rings is 1. The first-order chi connectivity index (χ1) is 16.5. The second-order valence-corrected chi connectivity index (χ2v) is 9.01. The van der Waals surface area contributed by atoms with Crippen molar-refractivity contribution >= 4 is 23.2 Å². The number of morpholine rings is 1. The van der Waals surface area contributed by atoms with Gasteiger partial charge in [0.2, 0.25) is 11.8 Å². The van der Waals surface area contributed by atoms with Gasteiger partial charge in [-0.15, -0.1) is 0 Å². The number of nitrogens with zero attached hydrogens (tertiary/aromatic N) is 4. The Bertz CT molecular complexity index is 970. The van der Waals surface area contributed by atoms with Gasteiger partial charge in [0.1, 0.15) is 5.82 Å². The zero-order chi connectivity index (χ0) is 23.9. The Hall–Kier alpha value is -3.04. The van der Waals surface area contributed by atoms with Gasteiger partial charge in [0.25, 0.3) is 0 Å². The van der Waals surface area contributed by atoms with Crippen molar-refractivity contribution in [1.82, 2.24) is 19.8 Å². The Balaban J connectivity index is 1.20. The third kappa shape index (κ3) is 6.74. The summed E-state index contributed by atoms with van der Waals surface area (Å²) in [5.41, 5.74) is 3.65. The Morgan fingerprint density at radius 1 is 1.06 bits per heavy atom. The minimum absolute atomic E-state index is 0.0562. The minimum Gasteiger partial charge on any atom is -0.385 e. The molecule has 4 rings (SSSR count). The summed E-state index contributed by atoms with van der Waals surface area (Å²) in [6.07, 6.45) is 1.01. The van der Waals surface area contributed by atoms with Crippen LogP contribution < -0.4 is 10.6 Å². The van der Waals surface area contributed by atoms with Crippen LogP contribution in [0.3, 0.4) is 0 Å². The molecule has 2 N–H and O–H groups in total. The molecule has 9 heteroatoms. The van der Waals surface area contributed by atoms with Crippen LogP contribution in [0.25, 0.3) is 0 Å². The zero-order valence-electron chi connectivity index (χ0n) is 20.0. The van der Waals surface area contributed by atoms with Crippen LogP contribution in [0, 0.1) is 19.8 Å². The van der Waals surface area contributed by atoms with Gasteiger partial charge in [0.15, 0.2) is 0 Å². The molecule has 0 bridgehead atoms. The highest BCUT2D eigenvalue weighted by molar-refractivity contribution is 5.97. The first kappa shape index (κ1) is 24.1.